The molecule has 0 spiro atoms. The summed E-state index contributed by atoms with van der Waals surface area (Å²) in [5, 5.41) is 10.4. The molecule has 0 atom stereocenters. The van der Waals surface area contributed by atoms with E-state index < -0.39 is 11.7 Å². The van der Waals surface area contributed by atoms with Gasteiger partial charge in [-0.3, -0.25) is 0 Å². The Morgan fingerprint density at radius 3 is 2.61 bits per heavy atom. The van der Waals surface area contributed by atoms with Crippen molar-refractivity contribution in [1.29, 1.82) is 0 Å². The van der Waals surface area contributed by atoms with Crippen molar-refractivity contribution in [2.45, 2.75) is 13.1 Å². The van der Waals surface area contributed by atoms with Crippen molar-refractivity contribution >= 4 is 23.5 Å². The largest absolute Gasteiger partial charge is 0.450 e. The van der Waals surface area contributed by atoms with Crippen LogP contribution in [0.5, 0.6) is 0 Å². The molecule has 1 saturated heterocycles. The highest BCUT2D eigenvalue weighted by atomic mass is 19.4. The van der Waals surface area contributed by atoms with Crippen LogP contribution in [0.3, 0.4) is 0 Å². The molecule has 1 aromatic heterocycles. The van der Waals surface area contributed by atoms with Gasteiger partial charge in [0.15, 0.2) is 5.82 Å². The molecule has 1 fully saturated rings. The van der Waals surface area contributed by atoms with Crippen LogP contribution < -0.4 is 10.2 Å². The summed E-state index contributed by atoms with van der Waals surface area (Å²) < 4.78 is 44.4. The van der Waals surface area contributed by atoms with Gasteiger partial charge in [0.05, 0.1) is 24.1 Å². The molecule has 1 aliphatic rings. The fourth-order valence-electron chi connectivity index (χ4n) is 2.77. The van der Waals surface area contributed by atoms with E-state index in [1.807, 2.05) is 4.90 Å². The third-order valence-electron chi connectivity index (χ3n) is 4.13. The molecule has 3 rings (SSSR count). The molecule has 1 N–H and O–H groups in total. The van der Waals surface area contributed by atoms with E-state index >= 15 is 0 Å². The van der Waals surface area contributed by atoms with Gasteiger partial charge in [0.25, 0.3) is 0 Å². The minimum absolute atomic E-state index is 0.117. The second-order valence-electron chi connectivity index (χ2n) is 5.98. The highest BCUT2D eigenvalue weighted by Gasteiger charge is 2.33. The number of hydrogen-bond donors (Lipinski definition) is 1. The summed E-state index contributed by atoms with van der Waals surface area (Å²) in [6.07, 6.45) is -3.61. The number of amides is 1. The van der Waals surface area contributed by atoms with Crippen LogP contribution >= 0.6 is 0 Å². The van der Waals surface area contributed by atoms with Crippen LogP contribution in [-0.2, 0) is 10.9 Å². The van der Waals surface area contributed by atoms with Gasteiger partial charge in [-0.25, -0.2) is 4.79 Å². The first-order valence-electron chi connectivity index (χ1n) is 8.68. The number of rotatable bonds is 4. The number of anilines is 3. The normalized spacial score (nSPS) is 14.7. The van der Waals surface area contributed by atoms with Crippen LogP contribution in [0, 0.1) is 0 Å². The lowest BCUT2D eigenvalue weighted by Crippen LogP contribution is -2.49. The lowest BCUT2D eigenvalue weighted by molar-refractivity contribution is -0.136. The summed E-state index contributed by atoms with van der Waals surface area (Å²) in [5.41, 5.74) is -0.910. The van der Waals surface area contributed by atoms with Crippen LogP contribution in [0.1, 0.15) is 12.5 Å². The van der Waals surface area contributed by atoms with Crippen molar-refractivity contribution < 1.29 is 22.7 Å². The molecule has 0 saturated carbocycles. The van der Waals surface area contributed by atoms with Crippen LogP contribution in [0.25, 0.3) is 0 Å². The quantitative estimate of drug-likeness (QED) is 0.851. The summed E-state index contributed by atoms with van der Waals surface area (Å²) >= 11 is 0. The fourth-order valence-corrected chi connectivity index (χ4v) is 2.77. The summed E-state index contributed by atoms with van der Waals surface area (Å²) in [5.74, 6) is 0.424. The number of carbonyl (C=O) groups is 1. The van der Waals surface area contributed by atoms with Crippen molar-refractivity contribution in [3.05, 3.63) is 36.0 Å². The molecule has 1 aromatic carbocycles. The van der Waals surface area contributed by atoms with Crippen LogP contribution in [-0.4, -0.2) is 59.0 Å². The first kappa shape index (κ1) is 19.6. The van der Waals surface area contributed by atoms with Gasteiger partial charge in [-0.05, 0) is 19.1 Å². The van der Waals surface area contributed by atoms with Gasteiger partial charge >= 0.3 is 12.3 Å². The zero-order valence-corrected chi connectivity index (χ0v) is 15.1. The van der Waals surface area contributed by atoms with E-state index in [-0.39, 0.29) is 23.5 Å². The van der Waals surface area contributed by atoms with Gasteiger partial charge in [0, 0.05) is 26.2 Å². The molecule has 150 valence electrons. The number of aromatic nitrogens is 3. The Bertz CT molecular complexity index is 825. The molecule has 0 unspecified atom stereocenters. The maximum atomic E-state index is 13.1. The highest BCUT2D eigenvalue weighted by Crippen LogP contribution is 2.35. The molecule has 0 bridgehead atoms. The minimum Gasteiger partial charge on any atom is -0.450 e. The number of piperazine rings is 1. The lowest BCUT2D eigenvalue weighted by atomic mass is 10.1. The molecule has 1 aliphatic heterocycles. The summed E-state index contributed by atoms with van der Waals surface area (Å²) in [4.78, 5) is 19.4. The second kappa shape index (κ2) is 8.28. The number of benzene rings is 1. The van der Waals surface area contributed by atoms with Crippen molar-refractivity contribution in [2.24, 2.45) is 0 Å². The molecule has 0 aliphatic carbocycles. The number of nitrogens with one attached hydrogen (secondary N) is 1. The zero-order chi connectivity index (χ0) is 20.1. The lowest BCUT2D eigenvalue weighted by Gasteiger charge is -2.33. The molecular formula is C17H19F3N6O2. The second-order valence-corrected chi connectivity index (χ2v) is 5.98. The molecule has 28 heavy (non-hydrogen) atoms. The maximum absolute atomic E-state index is 13.1. The van der Waals surface area contributed by atoms with E-state index in [1.54, 1.807) is 11.8 Å². The number of para-hydroxylation sites is 1. The standard InChI is InChI=1S/C17H19F3N6O2/c1-2-28-16(27)26-9-7-25(8-10-26)15-23-14(11-21-24-15)22-13-6-4-3-5-12(13)17(18,19)20/h3-6,11H,2,7-10H2,1H3,(H,22,23,24). The Labute approximate surface area is 159 Å². The third kappa shape index (κ3) is 4.59. The average molecular weight is 396 g/mol. The van der Waals surface area contributed by atoms with Crippen molar-refractivity contribution in [2.75, 3.05) is 43.0 Å². The molecule has 0 radical (unpaired) electrons. The Morgan fingerprint density at radius 1 is 1.21 bits per heavy atom. The summed E-state index contributed by atoms with van der Waals surface area (Å²) in [6.45, 7) is 3.82. The van der Waals surface area contributed by atoms with Crippen LogP contribution in [0.15, 0.2) is 30.5 Å². The van der Waals surface area contributed by atoms with E-state index in [1.165, 1.54) is 24.4 Å². The van der Waals surface area contributed by atoms with Gasteiger partial charge < -0.3 is 19.9 Å². The number of nitrogens with zero attached hydrogens (tertiary/aromatic N) is 5. The number of alkyl halides is 3. The number of carbonyl (C=O) groups excluding carboxylic acids is 1. The van der Waals surface area contributed by atoms with Gasteiger partial charge in [0.2, 0.25) is 5.95 Å². The minimum atomic E-state index is -4.49. The molecule has 11 heteroatoms. The van der Waals surface area contributed by atoms with E-state index in [9.17, 15) is 18.0 Å². The summed E-state index contributed by atoms with van der Waals surface area (Å²) in [7, 11) is 0. The zero-order valence-electron chi connectivity index (χ0n) is 15.1. The fraction of sp³-hybridized carbons (Fsp3) is 0.412. The Kier molecular flexibility index (Phi) is 5.81. The third-order valence-corrected chi connectivity index (χ3v) is 4.13. The molecule has 1 amide bonds. The van der Waals surface area contributed by atoms with E-state index in [2.05, 4.69) is 20.5 Å². The molecule has 2 heterocycles. The van der Waals surface area contributed by atoms with Crippen LogP contribution in [0.2, 0.25) is 0 Å². The SMILES string of the molecule is CCOC(=O)N1CCN(c2nncc(Nc3ccccc3C(F)(F)F)n2)CC1. The predicted octanol–water partition coefficient (Wildman–Crippen LogP) is 2.91. The van der Waals surface area contributed by atoms with Crippen molar-refractivity contribution in [3.8, 4) is 0 Å². The summed E-state index contributed by atoms with van der Waals surface area (Å²) in [6, 6.07) is 5.14. The van der Waals surface area contributed by atoms with Gasteiger partial charge in [0.1, 0.15) is 0 Å². The maximum Gasteiger partial charge on any atom is 0.418 e. The van der Waals surface area contributed by atoms with Crippen LogP contribution in [0.4, 0.5) is 35.4 Å². The van der Waals surface area contributed by atoms with E-state index in [0.29, 0.717) is 32.8 Å². The first-order valence-corrected chi connectivity index (χ1v) is 8.68. The highest BCUT2D eigenvalue weighted by molar-refractivity contribution is 5.68. The Morgan fingerprint density at radius 2 is 1.93 bits per heavy atom. The molecular weight excluding hydrogens is 377 g/mol. The smallest absolute Gasteiger partial charge is 0.418 e. The predicted molar refractivity (Wildman–Crippen MR) is 95.4 cm³/mol. The average Bonchev–Trinajstić information content (AvgIpc) is 2.68. The number of ether oxygens (including phenoxy) is 1. The van der Waals surface area contributed by atoms with Crippen molar-refractivity contribution in [3.63, 3.8) is 0 Å². The molecule has 2 aromatic rings. The van der Waals surface area contributed by atoms with E-state index in [0.717, 1.165) is 6.07 Å². The Hall–Kier alpha value is -3.11. The topological polar surface area (TPSA) is 83.5 Å². The van der Waals surface area contributed by atoms with Crippen molar-refractivity contribution in [1.82, 2.24) is 20.1 Å². The van der Waals surface area contributed by atoms with E-state index in [4.69, 9.17) is 4.74 Å². The first-order chi connectivity index (χ1) is 13.4. The number of hydrogen-bond acceptors (Lipinski definition) is 7. The number of halogens is 3. The monoisotopic (exact) mass is 396 g/mol. The Balaban J connectivity index is 1.70. The van der Waals surface area contributed by atoms with Gasteiger partial charge in [-0.15, -0.1) is 5.10 Å². The van der Waals surface area contributed by atoms with Gasteiger partial charge in [-0.1, -0.05) is 12.1 Å². The molecule has 8 nitrogen and oxygen atoms in total. The van der Waals surface area contributed by atoms with Gasteiger partial charge in [-0.2, -0.15) is 23.3 Å².